The summed E-state index contributed by atoms with van der Waals surface area (Å²) >= 11 is 0. The first-order valence-corrected chi connectivity index (χ1v) is 6.37. The summed E-state index contributed by atoms with van der Waals surface area (Å²) < 4.78 is 0. The van der Waals surface area contributed by atoms with E-state index >= 15 is 0 Å². The molecule has 0 aromatic heterocycles. The van der Waals surface area contributed by atoms with E-state index in [0.717, 1.165) is 6.54 Å². The molecule has 0 radical (unpaired) electrons. The highest BCUT2D eigenvalue weighted by molar-refractivity contribution is 4.81. The quantitative estimate of drug-likeness (QED) is 0.735. The van der Waals surface area contributed by atoms with Gasteiger partial charge in [-0.25, -0.2) is 0 Å². The molecule has 3 heteroatoms. The molecule has 1 aliphatic rings. The lowest BCUT2D eigenvalue weighted by Gasteiger charge is -2.38. The molecule has 0 bridgehead atoms. The molecule has 1 heterocycles. The van der Waals surface area contributed by atoms with Crippen LogP contribution in [0.1, 0.15) is 27.7 Å². The van der Waals surface area contributed by atoms with E-state index < -0.39 is 0 Å². The Labute approximate surface area is 94.8 Å². The van der Waals surface area contributed by atoms with Crippen LogP contribution >= 0.6 is 0 Å². The number of nitrogens with zero attached hydrogens (tertiary/aromatic N) is 2. The van der Waals surface area contributed by atoms with Crippen LogP contribution in [-0.4, -0.2) is 61.2 Å². The Morgan fingerprint density at radius 1 is 1.27 bits per heavy atom. The lowest BCUT2D eigenvalue weighted by molar-refractivity contribution is 0.127. The molecule has 0 amide bonds. The van der Waals surface area contributed by atoms with Crippen molar-refractivity contribution in [1.82, 2.24) is 15.1 Å². The SMILES string of the molecule is CCN(CC)CCN1CC(C)NCC1C. The van der Waals surface area contributed by atoms with Gasteiger partial charge in [0.1, 0.15) is 0 Å². The molecule has 2 atom stereocenters. The second-order valence-corrected chi connectivity index (χ2v) is 4.68. The van der Waals surface area contributed by atoms with Crippen molar-refractivity contribution in [3.63, 3.8) is 0 Å². The fourth-order valence-corrected chi connectivity index (χ4v) is 2.22. The maximum atomic E-state index is 3.52. The smallest absolute Gasteiger partial charge is 0.0193 e. The molecule has 15 heavy (non-hydrogen) atoms. The molecule has 3 nitrogen and oxygen atoms in total. The molecule has 0 aliphatic carbocycles. The number of hydrogen-bond donors (Lipinski definition) is 1. The third-order valence-electron chi connectivity index (χ3n) is 3.49. The highest BCUT2D eigenvalue weighted by Crippen LogP contribution is 2.06. The van der Waals surface area contributed by atoms with Gasteiger partial charge in [0.25, 0.3) is 0 Å². The van der Waals surface area contributed by atoms with Crippen LogP contribution in [0, 0.1) is 0 Å². The highest BCUT2D eigenvalue weighted by Gasteiger charge is 2.21. The van der Waals surface area contributed by atoms with Crippen LogP contribution in [0.2, 0.25) is 0 Å². The van der Waals surface area contributed by atoms with Crippen LogP contribution in [0.25, 0.3) is 0 Å². The van der Waals surface area contributed by atoms with Gasteiger partial charge in [-0.1, -0.05) is 13.8 Å². The van der Waals surface area contributed by atoms with Crippen LogP contribution in [-0.2, 0) is 0 Å². The molecule has 1 saturated heterocycles. The second-order valence-electron chi connectivity index (χ2n) is 4.68. The molecule has 1 aliphatic heterocycles. The van der Waals surface area contributed by atoms with E-state index in [1.165, 1.54) is 32.7 Å². The summed E-state index contributed by atoms with van der Waals surface area (Å²) in [5.41, 5.74) is 0. The van der Waals surface area contributed by atoms with Crippen molar-refractivity contribution in [2.75, 3.05) is 39.3 Å². The van der Waals surface area contributed by atoms with E-state index in [0.29, 0.717) is 12.1 Å². The number of piperazine rings is 1. The zero-order chi connectivity index (χ0) is 11.3. The van der Waals surface area contributed by atoms with Crippen molar-refractivity contribution in [2.24, 2.45) is 0 Å². The van der Waals surface area contributed by atoms with Gasteiger partial charge in [-0.3, -0.25) is 4.90 Å². The molecule has 0 aromatic rings. The van der Waals surface area contributed by atoms with Crippen LogP contribution in [0.5, 0.6) is 0 Å². The van der Waals surface area contributed by atoms with Gasteiger partial charge in [0, 0.05) is 38.3 Å². The molecule has 0 aromatic carbocycles. The molecule has 2 unspecified atom stereocenters. The molecular weight excluding hydrogens is 186 g/mol. The van der Waals surface area contributed by atoms with Crippen molar-refractivity contribution in [3.05, 3.63) is 0 Å². The summed E-state index contributed by atoms with van der Waals surface area (Å²) in [6, 6.07) is 1.34. The molecule has 0 saturated carbocycles. The monoisotopic (exact) mass is 213 g/mol. The topological polar surface area (TPSA) is 18.5 Å². The van der Waals surface area contributed by atoms with Crippen molar-refractivity contribution in [1.29, 1.82) is 0 Å². The maximum Gasteiger partial charge on any atom is 0.0193 e. The lowest BCUT2D eigenvalue weighted by atomic mass is 10.1. The first-order valence-electron chi connectivity index (χ1n) is 6.37. The predicted octanol–water partition coefficient (Wildman–Crippen LogP) is 1.01. The number of likely N-dealkylation sites (N-methyl/N-ethyl adjacent to an activating group) is 1. The number of nitrogens with one attached hydrogen (secondary N) is 1. The average Bonchev–Trinajstić information content (AvgIpc) is 2.24. The van der Waals surface area contributed by atoms with E-state index in [2.05, 4.69) is 42.8 Å². The third-order valence-corrected chi connectivity index (χ3v) is 3.49. The van der Waals surface area contributed by atoms with E-state index in [1.807, 2.05) is 0 Å². The lowest BCUT2D eigenvalue weighted by Crippen LogP contribution is -2.55. The van der Waals surface area contributed by atoms with E-state index in [9.17, 15) is 0 Å². The fourth-order valence-electron chi connectivity index (χ4n) is 2.22. The molecule has 90 valence electrons. The zero-order valence-corrected chi connectivity index (χ0v) is 10.8. The predicted molar refractivity (Wildman–Crippen MR) is 66.3 cm³/mol. The Kier molecular flexibility index (Phi) is 5.58. The Balaban J connectivity index is 2.29. The molecule has 1 fully saturated rings. The van der Waals surface area contributed by atoms with Crippen LogP contribution in [0.4, 0.5) is 0 Å². The van der Waals surface area contributed by atoms with E-state index in [4.69, 9.17) is 0 Å². The first kappa shape index (κ1) is 12.9. The Bertz CT molecular complexity index is 168. The standard InChI is InChI=1S/C12H27N3/c1-5-14(6-2)7-8-15-10-11(3)13-9-12(15)4/h11-13H,5-10H2,1-4H3. The largest absolute Gasteiger partial charge is 0.311 e. The fraction of sp³-hybridized carbons (Fsp3) is 1.00. The average molecular weight is 213 g/mol. The summed E-state index contributed by atoms with van der Waals surface area (Å²) in [6.45, 7) is 16.2. The minimum absolute atomic E-state index is 0.651. The third kappa shape index (κ3) is 4.09. The second kappa shape index (κ2) is 6.46. The first-order chi connectivity index (χ1) is 7.17. The summed E-state index contributed by atoms with van der Waals surface area (Å²) in [5.74, 6) is 0. The highest BCUT2D eigenvalue weighted by atomic mass is 15.2. The van der Waals surface area contributed by atoms with Crippen molar-refractivity contribution < 1.29 is 0 Å². The van der Waals surface area contributed by atoms with Gasteiger partial charge in [0.05, 0.1) is 0 Å². The zero-order valence-electron chi connectivity index (χ0n) is 10.8. The van der Waals surface area contributed by atoms with Crippen molar-refractivity contribution >= 4 is 0 Å². The van der Waals surface area contributed by atoms with Gasteiger partial charge in [-0.05, 0) is 26.9 Å². The summed E-state index contributed by atoms with van der Waals surface area (Å²) in [6.07, 6.45) is 0. The van der Waals surface area contributed by atoms with Gasteiger partial charge < -0.3 is 10.2 Å². The Morgan fingerprint density at radius 2 is 1.93 bits per heavy atom. The summed E-state index contributed by atoms with van der Waals surface area (Å²) in [5, 5.41) is 3.52. The van der Waals surface area contributed by atoms with Crippen molar-refractivity contribution in [3.8, 4) is 0 Å². The molecule has 1 rings (SSSR count). The van der Waals surface area contributed by atoms with Gasteiger partial charge in [-0.2, -0.15) is 0 Å². The maximum absolute atomic E-state index is 3.52. The van der Waals surface area contributed by atoms with Gasteiger partial charge in [0.15, 0.2) is 0 Å². The van der Waals surface area contributed by atoms with Gasteiger partial charge in [0.2, 0.25) is 0 Å². The minimum Gasteiger partial charge on any atom is -0.311 e. The minimum atomic E-state index is 0.651. The van der Waals surface area contributed by atoms with Gasteiger partial charge in [-0.15, -0.1) is 0 Å². The Morgan fingerprint density at radius 3 is 2.53 bits per heavy atom. The summed E-state index contributed by atoms with van der Waals surface area (Å²) in [4.78, 5) is 5.11. The molecular formula is C12H27N3. The number of hydrogen-bond acceptors (Lipinski definition) is 3. The number of rotatable bonds is 5. The van der Waals surface area contributed by atoms with Crippen LogP contribution < -0.4 is 5.32 Å². The summed E-state index contributed by atoms with van der Waals surface area (Å²) in [7, 11) is 0. The molecule has 0 spiro atoms. The normalized spacial score (nSPS) is 28.6. The van der Waals surface area contributed by atoms with Crippen LogP contribution in [0.15, 0.2) is 0 Å². The Hall–Kier alpha value is -0.120. The van der Waals surface area contributed by atoms with Crippen molar-refractivity contribution in [2.45, 2.75) is 39.8 Å². The van der Waals surface area contributed by atoms with Gasteiger partial charge >= 0.3 is 0 Å². The van der Waals surface area contributed by atoms with Crippen LogP contribution in [0.3, 0.4) is 0 Å². The molecule has 1 N–H and O–H groups in total. The van der Waals surface area contributed by atoms with E-state index in [-0.39, 0.29) is 0 Å². The van der Waals surface area contributed by atoms with E-state index in [1.54, 1.807) is 0 Å².